The number of thioether (sulfide) groups is 1. The van der Waals surface area contributed by atoms with Gasteiger partial charge in [0, 0.05) is 16.3 Å². The highest BCUT2D eigenvalue weighted by atomic mass is 35.5. The number of halogens is 1. The van der Waals surface area contributed by atoms with E-state index in [0.717, 1.165) is 27.1 Å². The normalized spacial score (nSPS) is 16.3. The van der Waals surface area contributed by atoms with Crippen molar-refractivity contribution >= 4 is 51.9 Å². The monoisotopic (exact) mass is 462 g/mol. The number of benzene rings is 3. The Morgan fingerprint density at radius 1 is 1.09 bits per heavy atom. The summed E-state index contributed by atoms with van der Waals surface area (Å²) < 4.78 is 0. The van der Waals surface area contributed by atoms with Crippen LogP contribution in [0.15, 0.2) is 78.0 Å². The van der Waals surface area contributed by atoms with Gasteiger partial charge in [-0.2, -0.15) is 0 Å². The highest BCUT2D eigenvalue weighted by molar-refractivity contribution is 8.01. The van der Waals surface area contributed by atoms with Crippen LogP contribution in [0.1, 0.15) is 23.6 Å². The smallest absolute Gasteiger partial charge is 0.238 e. The molecule has 0 saturated heterocycles. The fraction of sp³-hybridized carbons (Fsp3) is 0.125. The molecule has 160 valence electrons. The molecule has 0 radical (unpaired) electrons. The molecule has 2 atom stereocenters. The molecule has 3 N–H and O–H groups in total. The molecule has 1 aliphatic heterocycles. The molecule has 5 rings (SSSR count). The predicted molar refractivity (Wildman–Crippen MR) is 127 cm³/mol. The van der Waals surface area contributed by atoms with Crippen LogP contribution in [0.2, 0.25) is 5.02 Å². The Bertz CT molecular complexity index is 1310. The second-order valence-corrected chi connectivity index (χ2v) is 9.21. The molecular weight excluding hydrogens is 444 g/mol. The number of anilines is 1. The fourth-order valence-electron chi connectivity index (χ4n) is 3.78. The first kappa shape index (κ1) is 20.6. The van der Waals surface area contributed by atoms with Gasteiger partial charge in [0.25, 0.3) is 0 Å². The van der Waals surface area contributed by atoms with Crippen molar-refractivity contribution < 1.29 is 9.59 Å². The van der Waals surface area contributed by atoms with Gasteiger partial charge in [0.2, 0.25) is 11.8 Å². The van der Waals surface area contributed by atoms with Crippen molar-refractivity contribution in [1.82, 2.24) is 15.3 Å². The Morgan fingerprint density at radius 2 is 1.94 bits per heavy atom. The number of fused-ring (bicyclic) bond motifs is 2. The van der Waals surface area contributed by atoms with Crippen LogP contribution in [0.3, 0.4) is 0 Å². The van der Waals surface area contributed by atoms with Gasteiger partial charge in [0.05, 0.1) is 34.3 Å². The summed E-state index contributed by atoms with van der Waals surface area (Å²) in [5.41, 5.74) is 4.33. The highest BCUT2D eigenvalue weighted by Crippen LogP contribution is 2.38. The van der Waals surface area contributed by atoms with Gasteiger partial charge in [-0.3, -0.25) is 9.59 Å². The van der Waals surface area contributed by atoms with Crippen molar-refractivity contribution in [3.05, 3.63) is 89.2 Å². The molecule has 2 heterocycles. The Balaban J connectivity index is 1.37. The maximum absolute atomic E-state index is 13.0. The van der Waals surface area contributed by atoms with Crippen molar-refractivity contribution in [2.24, 2.45) is 0 Å². The maximum atomic E-state index is 13.0. The van der Waals surface area contributed by atoms with E-state index >= 15 is 0 Å². The molecule has 0 fully saturated rings. The minimum absolute atomic E-state index is 0.0637. The summed E-state index contributed by atoms with van der Waals surface area (Å²) in [6.07, 6.45) is 1.71. The number of rotatable bonds is 5. The topological polar surface area (TPSA) is 86.9 Å². The summed E-state index contributed by atoms with van der Waals surface area (Å²) in [4.78, 5) is 33.9. The summed E-state index contributed by atoms with van der Waals surface area (Å²) >= 11 is 7.40. The van der Waals surface area contributed by atoms with Crippen LogP contribution in [-0.4, -0.2) is 27.0 Å². The quantitative estimate of drug-likeness (QED) is 0.392. The largest absolute Gasteiger partial charge is 0.345 e. The number of amides is 2. The van der Waals surface area contributed by atoms with Gasteiger partial charge in [-0.05, 0) is 41.5 Å². The first-order valence-electron chi connectivity index (χ1n) is 10.1. The lowest BCUT2D eigenvalue weighted by molar-refractivity contribution is -0.124. The fourth-order valence-corrected chi connectivity index (χ4v) is 5.05. The molecule has 8 heteroatoms. The summed E-state index contributed by atoms with van der Waals surface area (Å²) in [5.74, 6) is -0.399. The number of imidazole rings is 1. The van der Waals surface area contributed by atoms with Crippen LogP contribution >= 0.6 is 23.4 Å². The van der Waals surface area contributed by atoms with Gasteiger partial charge >= 0.3 is 0 Å². The van der Waals surface area contributed by atoms with E-state index in [4.69, 9.17) is 11.6 Å². The Labute approximate surface area is 193 Å². The number of carbonyl (C=O) groups excluding carboxylic acids is 2. The summed E-state index contributed by atoms with van der Waals surface area (Å²) in [5, 5.41) is 6.01. The van der Waals surface area contributed by atoms with Crippen LogP contribution in [0.4, 0.5) is 5.69 Å². The molecular formula is C24H19ClN4O2S. The first-order chi connectivity index (χ1) is 15.6. The summed E-state index contributed by atoms with van der Waals surface area (Å²) in [6.45, 7) is 0. The predicted octanol–water partition coefficient (Wildman–Crippen LogP) is 4.93. The number of nitrogens with one attached hydrogen (secondary N) is 3. The van der Waals surface area contributed by atoms with Crippen LogP contribution < -0.4 is 10.6 Å². The van der Waals surface area contributed by atoms with Gasteiger partial charge in [0.1, 0.15) is 0 Å². The van der Waals surface area contributed by atoms with Crippen molar-refractivity contribution in [3.63, 3.8) is 0 Å². The van der Waals surface area contributed by atoms with E-state index in [-0.39, 0.29) is 24.3 Å². The van der Waals surface area contributed by atoms with Crippen molar-refractivity contribution in [3.8, 4) is 0 Å². The average Bonchev–Trinajstić information content (AvgIpc) is 3.27. The molecule has 6 nitrogen and oxygen atoms in total. The van der Waals surface area contributed by atoms with E-state index < -0.39 is 5.25 Å². The molecule has 0 aliphatic carbocycles. The molecule has 0 saturated carbocycles. The van der Waals surface area contributed by atoms with E-state index in [9.17, 15) is 9.59 Å². The van der Waals surface area contributed by atoms with Crippen LogP contribution in [0, 0.1) is 0 Å². The standard InChI is InChI=1S/C24H19ClN4O2S/c25-16-7-9-20-19(11-16)28-24(31)21(32-20)12-22(30)29-23(14-4-2-1-3-5-14)15-6-8-17-18(10-15)27-13-26-17/h1-11,13,21,23H,12H2,(H,26,27)(H,28,31)(H,29,30). The SMILES string of the molecule is O=C(CC1Sc2ccc(Cl)cc2NC1=O)NC(c1ccccc1)c1ccc2nc[nH]c2c1. The number of hydrogen-bond acceptors (Lipinski definition) is 4. The van der Waals surface area contributed by atoms with Crippen LogP contribution in [0.5, 0.6) is 0 Å². The van der Waals surface area contributed by atoms with Gasteiger partial charge < -0.3 is 15.6 Å². The third-order valence-corrected chi connectivity index (χ3v) is 6.86. The zero-order valence-corrected chi connectivity index (χ0v) is 18.4. The third kappa shape index (κ3) is 4.22. The van der Waals surface area contributed by atoms with Crippen molar-refractivity contribution in [2.75, 3.05) is 5.32 Å². The number of hydrogen-bond donors (Lipinski definition) is 3. The van der Waals surface area contributed by atoms with Crippen LogP contribution in [0.25, 0.3) is 11.0 Å². The third-order valence-electron chi connectivity index (χ3n) is 5.35. The van der Waals surface area contributed by atoms with E-state index in [0.29, 0.717) is 10.7 Å². The molecule has 2 amide bonds. The Hall–Kier alpha value is -3.29. The molecule has 4 aromatic rings. The Morgan fingerprint density at radius 3 is 2.78 bits per heavy atom. The lowest BCUT2D eigenvalue weighted by atomic mass is 9.98. The first-order valence-corrected chi connectivity index (χ1v) is 11.4. The second kappa shape index (κ2) is 8.68. The lowest BCUT2D eigenvalue weighted by Gasteiger charge is -2.25. The number of aromatic amines is 1. The molecule has 32 heavy (non-hydrogen) atoms. The van der Waals surface area contributed by atoms with E-state index in [2.05, 4.69) is 20.6 Å². The average molecular weight is 463 g/mol. The van der Waals surface area contributed by atoms with Crippen molar-refractivity contribution in [2.45, 2.75) is 22.6 Å². The lowest BCUT2D eigenvalue weighted by Crippen LogP contribution is -2.36. The number of aromatic nitrogens is 2. The van der Waals surface area contributed by atoms with Crippen molar-refractivity contribution in [1.29, 1.82) is 0 Å². The van der Waals surface area contributed by atoms with Gasteiger partial charge in [-0.1, -0.05) is 48.0 Å². The summed E-state index contributed by atoms with van der Waals surface area (Å²) in [7, 11) is 0. The van der Waals surface area contributed by atoms with E-state index in [1.807, 2.05) is 54.6 Å². The van der Waals surface area contributed by atoms with Crippen LogP contribution in [-0.2, 0) is 9.59 Å². The van der Waals surface area contributed by atoms with E-state index in [1.165, 1.54) is 11.8 Å². The molecule has 1 aromatic heterocycles. The van der Waals surface area contributed by atoms with Gasteiger partial charge in [-0.15, -0.1) is 11.8 Å². The molecule has 3 aromatic carbocycles. The number of H-pyrrole nitrogens is 1. The van der Waals surface area contributed by atoms with Gasteiger partial charge in [-0.25, -0.2) is 4.98 Å². The molecule has 1 aliphatic rings. The maximum Gasteiger partial charge on any atom is 0.238 e. The molecule has 2 unspecified atom stereocenters. The molecule has 0 bridgehead atoms. The zero-order valence-electron chi connectivity index (χ0n) is 16.8. The molecule has 0 spiro atoms. The second-order valence-electron chi connectivity index (χ2n) is 7.53. The number of carbonyl (C=O) groups is 2. The zero-order chi connectivity index (χ0) is 22.1. The van der Waals surface area contributed by atoms with Gasteiger partial charge in [0.15, 0.2) is 0 Å². The minimum atomic E-state index is -0.518. The Kier molecular flexibility index (Phi) is 5.59. The number of nitrogens with zero attached hydrogens (tertiary/aromatic N) is 1. The summed E-state index contributed by atoms with van der Waals surface area (Å²) in [6, 6.07) is 20.7. The van der Waals surface area contributed by atoms with E-state index in [1.54, 1.807) is 18.5 Å². The minimum Gasteiger partial charge on any atom is -0.345 e. The highest BCUT2D eigenvalue weighted by Gasteiger charge is 2.30.